The lowest BCUT2D eigenvalue weighted by atomic mass is 9.96. The molecule has 1 saturated heterocycles. The SMILES string of the molecule is Cc1ccsc1CN(C)C(=O)C1CCCN(C(=O)c2ccc(Cl)cc2)C1. The molecule has 2 amide bonds. The number of carbonyl (C=O) groups excluding carboxylic acids is 2. The first kappa shape index (κ1) is 18.9. The summed E-state index contributed by atoms with van der Waals surface area (Å²) in [7, 11) is 1.85. The lowest BCUT2D eigenvalue weighted by Crippen LogP contribution is -2.45. The Balaban J connectivity index is 1.63. The fraction of sp³-hybridized carbons (Fsp3) is 0.400. The van der Waals surface area contributed by atoms with E-state index >= 15 is 0 Å². The number of benzene rings is 1. The summed E-state index contributed by atoms with van der Waals surface area (Å²) in [4.78, 5) is 30.4. The molecule has 1 atom stereocenters. The van der Waals surface area contributed by atoms with E-state index in [-0.39, 0.29) is 17.7 Å². The van der Waals surface area contributed by atoms with Crippen LogP contribution in [0.5, 0.6) is 0 Å². The average molecular weight is 391 g/mol. The highest BCUT2D eigenvalue weighted by Crippen LogP contribution is 2.23. The van der Waals surface area contributed by atoms with Gasteiger partial charge in [-0.1, -0.05) is 11.6 Å². The highest BCUT2D eigenvalue weighted by atomic mass is 35.5. The molecule has 0 aliphatic carbocycles. The summed E-state index contributed by atoms with van der Waals surface area (Å²) in [5.41, 5.74) is 1.84. The van der Waals surface area contributed by atoms with Gasteiger partial charge in [0.05, 0.1) is 12.5 Å². The monoisotopic (exact) mass is 390 g/mol. The van der Waals surface area contributed by atoms with Crippen LogP contribution in [0.15, 0.2) is 35.7 Å². The number of aryl methyl sites for hydroxylation is 1. The third kappa shape index (κ3) is 4.27. The molecular weight excluding hydrogens is 368 g/mol. The first-order valence-corrected chi connectivity index (χ1v) is 10.0. The number of rotatable bonds is 4. The van der Waals surface area contributed by atoms with Crippen LogP contribution < -0.4 is 0 Å². The second kappa shape index (κ2) is 8.23. The van der Waals surface area contributed by atoms with Crippen LogP contribution in [0.1, 0.15) is 33.6 Å². The Hall–Kier alpha value is -1.85. The number of amides is 2. The molecule has 2 aromatic rings. The molecule has 0 radical (unpaired) electrons. The van der Waals surface area contributed by atoms with Crippen LogP contribution in [-0.2, 0) is 11.3 Å². The van der Waals surface area contributed by atoms with Crippen molar-refractivity contribution in [1.29, 1.82) is 0 Å². The summed E-state index contributed by atoms with van der Waals surface area (Å²) >= 11 is 7.57. The van der Waals surface area contributed by atoms with Crippen molar-refractivity contribution in [2.45, 2.75) is 26.3 Å². The van der Waals surface area contributed by atoms with Crippen LogP contribution in [0.2, 0.25) is 5.02 Å². The molecule has 0 spiro atoms. The van der Waals surface area contributed by atoms with Gasteiger partial charge in [0, 0.05) is 35.6 Å². The first-order chi connectivity index (χ1) is 12.5. The predicted molar refractivity (Wildman–Crippen MR) is 106 cm³/mol. The average Bonchev–Trinajstić information content (AvgIpc) is 3.06. The van der Waals surface area contributed by atoms with Crippen molar-refractivity contribution in [2.24, 2.45) is 5.92 Å². The van der Waals surface area contributed by atoms with Gasteiger partial charge >= 0.3 is 0 Å². The van der Waals surface area contributed by atoms with Gasteiger partial charge in [0.2, 0.25) is 5.91 Å². The summed E-state index contributed by atoms with van der Waals surface area (Å²) in [5, 5.41) is 2.66. The highest BCUT2D eigenvalue weighted by Gasteiger charge is 2.30. The molecule has 3 rings (SSSR count). The number of likely N-dealkylation sites (tertiary alicyclic amines) is 1. The van der Waals surface area contributed by atoms with Gasteiger partial charge in [0.15, 0.2) is 0 Å². The van der Waals surface area contributed by atoms with E-state index in [4.69, 9.17) is 11.6 Å². The maximum Gasteiger partial charge on any atom is 0.253 e. The van der Waals surface area contributed by atoms with Gasteiger partial charge in [-0.2, -0.15) is 0 Å². The molecule has 1 fully saturated rings. The number of nitrogens with zero attached hydrogens (tertiary/aromatic N) is 2. The standard InChI is InChI=1S/C20H23ClN2O2S/c1-14-9-11-26-18(14)13-22(2)19(24)16-4-3-10-23(12-16)20(25)15-5-7-17(21)8-6-15/h5-9,11,16H,3-4,10,12-13H2,1-2H3. The molecule has 138 valence electrons. The van der Waals surface area contributed by atoms with Gasteiger partial charge in [-0.3, -0.25) is 9.59 Å². The first-order valence-electron chi connectivity index (χ1n) is 8.78. The van der Waals surface area contributed by atoms with Gasteiger partial charge in [-0.25, -0.2) is 0 Å². The van der Waals surface area contributed by atoms with Gasteiger partial charge in [-0.15, -0.1) is 11.3 Å². The minimum absolute atomic E-state index is 0.0316. The zero-order valence-corrected chi connectivity index (χ0v) is 16.6. The lowest BCUT2D eigenvalue weighted by molar-refractivity contribution is -0.136. The smallest absolute Gasteiger partial charge is 0.253 e. The molecule has 0 saturated carbocycles. The summed E-state index contributed by atoms with van der Waals surface area (Å²) in [5.74, 6) is -0.0485. The fourth-order valence-electron chi connectivity index (χ4n) is 3.31. The number of hydrogen-bond acceptors (Lipinski definition) is 3. The van der Waals surface area contributed by atoms with Gasteiger partial charge in [-0.05, 0) is 61.0 Å². The van der Waals surface area contributed by atoms with Crippen molar-refractivity contribution in [1.82, 2.24) is 9.80 Å². The quantitative estimate of drug-likeness (QED) is 0.784. The number of carbonyl (C=O) groups is 2. The molecule has 1 aliphatic heterocycles. The molecule has 0 bridgehead atoms. The summed E-state index contributed by atoms with van der Waals surface area (Å²) < 4.78 is 0. The minimum atomic E-state index is -0.134. The van der Waals surface area contributed by atoms with E-state index in [9.17, 15) is 9.59 Å². The largest absolute Gasteiger partial charge is 0.340 e. The Labute approximate surface area is 163 Å². The predicted octanol–water partition coefficient (Wildman–Crippen LogP) is 4.22. The number of piperidine rings is 1. The summed E-state index contributed by atoms with van der Waals surface area (Å²) in [6.07, 6.45) is 1.68. The number of halogens is 1. The molecule has 1 aromatic carbocycles. The van der Waals surface area contributed by atoms with E-state index in [1.54, 1.807) is 45.4 Å². The molecule has 6 heteroatoms. The van der Waals surface area contributed by atoms with Crippen LogP contribution in [0, 0.1) is 12.8 Å². The number of hydrogen-bond donors (Lipinski definition) is 0. The fourth-order valence-corrected chi connectivity index (χ4v) is 4.39. The Morgan fingerprint density at radius 1 is 1.27 bits per heavy atom. The van der Waals surface area contributed by atoms with Crippen LogP contribution >= 0.6 is 22.9 Å². The molecule has 1 aromatic heterocycles. The molecule has 2 heterocycles. The molecule has 26 heavy (non-hydrogen) atoms. The topological polar surface area (TPSA) is 40.6 Å². The van der Waals surface area contributed by atoms with Crippen molar-refractivity contribution in [3.8, 4) is 0 Å². The maximum atomic E-state index is 12.9. The molecule has 1 unspecified atom stereocenters. The second-order valence-electron chi connectivity index (χ2n) is 6.82. The van der Waals surface area contributed by atoms with Crippen LogP contribution in [0.3, 0.4) is 0 Å². The third-order valence-electron chi connectivity index (χ3n) is 4.87. The van der Waals surface area contributed by atoms with E-state index in [0.29, 0.717) is 30.2 Å². The molecule has 4 nitrogen and oxygen atoms in total. The van der Waals surface area contributed by atoms with Crippen molar-refractivity contribution >= 4 is 34.8 Å². The van der Waals surface area contributed by atoms with Gasteiger partial charge in [0.25, 0.3) is 5.91 Å². The van der Waals surface area contributed by atoms with E-state index in [2.05, 4.69) is 18.4 Å². The van der Waals surface area contributed by atoms with E-state index in [1.165, 1.54) is 10.4 Å². The zero-order valence-electron chi connectivity index (χ0n) is 15.1. The van der Waals surface area contributed by atoms with Crippen molar-refractivity contribution in [3.05, 3.63) is 56.7 Å². The lowest BCUT2D eigenvalue weighted by Gasteiger charge is -2.34. The van der Waals surface area contributed by atoms with E-state index in [0.717, 1.165) is 12.8 Å². The summed E-state index contributed by atoms with van der Waals surface area (Å²) in [6.45, 7) is 3.87. The van der Waals surface area contributed by atoms with Crippen LogP contribution in [0.25, 0.3) is 0 Å². The molecule has 1 aliphatic rings. The highest BCUT2D eigenvalue weighted by molar-refractivity contribution is 7.10. The normalized spacial score (nSPS) is 17.2. The Morgan fingerprint density at radius 3 is 2.65 bits per heavy atom. The van der Waals surface area contributed by atoms with Crippen molar-refractivity contribution in [2.75, 3.05) is 20.1 Å². The minimum Gasteiger partial charge on any atom is -0.340 e. The second-order valence-corrected chi connectivity index (χ2v) is 8.26. The van der Waals surface area contributed by atoms with Crippen molar-refractivity contribution < 1.29 is 9.59 Å². The Kier molecular flexibility index (Phi) is 5.99. The zero-order chi connectivity index (χ0) is 18.7. The Morgan fingerprint density at radius 2 is 2.00 bits per heavy atom. The maximum absolute atomic E-state index is 12.9. The number of thiophene rings is 1. The van der Waals surface area contributed by atoms with Gasteiger partial charge in [0.1, 0.15) is 0 Å². The van der Waals surface area contributed by atoms with Crippen LogP contribution in [0.4, 0.5) is 0 Å². The summed E-state index contributed by atoms with van der Waals surface area (Å²) in [6, 6.07) is 8.99. The van der Waals surface area contributed by atoms with E-state index in [1.807, 2.05) is 7.05 Å². The Bertz CT molecular complexity index is 787. The van der Waals surface area contributed by atoms with Gasteiger partial charge < -0.3 is 9.80 Å². The third-order valence-corrected chi connectivity index (χ3v) is 6.13. The van der Waals surface area contributed by atoms with Crippen molar-refractivity contribution in [3.63, 3.8) is 0 Å². The molecule has 0 N–H and O–H groups in total. The van der Waals surface area contributed by atoms with Crippen LogP contribution in [-0.4, -0.2) is 41.8 Å². The molecular formula is C20H23ClN2O2S. The van der Waals surface area contributed by atoms with E-state index < -0.39 is 0 Å².